The van der Waals surface area contributed by atoms with Crippen LogP contribution in [0, 0.1) is 0 Å². The van der Waals surface area contributed by atoms with Crippen molar-refractivity contribution in [3.8, 4) is 11.5 Å². The third-order valence-corrected chi connectivity index (χ3v) is 6.49. The van der Waals surface area contributed by atoms with Crippen molar-refractivity contribution >= 4 is 40.4 Å². The van der Waals surface area contributed by atoms with Gasteiger partial charge in [0.05, 0.1) is 37.4 Å². The molecule has 0 bridgehead atoms. The van der Waals surface area contributed by atoms with Gasteiger partial charge in [-0.3, -0.25) is 9.59 Å². The molecule has 0 fully saturated rings. The Labute approximate surface area is 189 Å². The van der Waals surface area contributed by atoms with E-state index < -0.39 is 0 Å². The Morgan fingerprint density at radius 2 is 1.94 bits per heavy atom. The van der Waals surface area contributed by atoms with Gasteiger partial charge in [-0.2, -0.15) is 0 Å². The molecule has 8 heteroatoms. The molecule has 1 N–H and O–H groups in total. The lowest BCUT2D eigenvalue weighted by Gasteiger charge is -2.27. The minimum Gasteiger partial charge on any atom is -0.495 e. The maximum Gasteiger partial charge on any atom is 0.255 e. The molecule has 1 aliphatic rings. The number of halogens is 1. The summed E-state index contributed by atoms with van der Waals surface area (Å²) >= 11 is 7.75. The smallest absolute Gasteiger partial charge is 0.255 e. The van der Waals surface area contributed by atoms with E-state index in [0.29, 0.717) is 34.3 Å². The number of fused-ring (bicyclic) bond motifs is 1. The van der Waals surface area contributed by atoms with Crippen molar-refractivity contribution in [2.45, 2.75) is 19.0 Å². The molecule has 0 radical (unpaired) electrons. The van der Waals surface area contributed by atoms with Crippen LogP contribution >= 0.6 is 22.9 Å². The first-order chi connectivity index (χ1) is 15.0. The lowest BCUT2D eigenvalue weighted by atomic mass is 10.1. The quantitative estimate of drug-likeness (QED) is 0.534. The summed E-state index contributed by atoms with van der Waals surface area (Å²) in [4.78, 5) is 28.8. The third kappa shape index (κ3) is 4.24. The molecule has 2 heterocycles. The van der Waals surface area contributed by atoms with Gasteiger partial charge >= 0.3 is 0 Å². The predicted octanol–water partition coefficient (Wildman–Crippen LogP) is 5.14. The van der Waals surface area contributed by atoms with E-state index in [2.05, 4.69) is 5.32 Å². The highest BCUT2D eigenvalue weighted by Gasteiger charge is 2.35. The summed E-state index contributed by atoms with van der Waals surface area (Å²) in [5.74, 6) is 0.578. The summed E-state index contributed by atoms with van der Waals surface area (Å²) in [6.45, 7) is 0.475. The number of nitrogens with zero attached hydrogens (tertiary/aromatic N) is 1. The molecular weight excluding hydrogens is 436 g/mol. The van der Waals surface area contributed by atoms with E-state index >= 15 is 0 Å². The molecule has 1 aromatic heterocycles. The molecule has 0 aliphatic carbocycles. The number of nitrogens with one attached hydrogen (secondary N) is 1. The van der Waals surface area contributed by atoms with Crippen LogP contribution in [0.1, 0.15) is 33.3 Å². The van der Waals surface area contributed by atoms with E-state index in [1.54, 1.807) is 17.0 Å². The number of methoxy groups -OCH3 is 2. The van der Waals surface area contributed by atoms with E-state index in [1.165, 1.54) is 25.6 Å². The summed E-state index contributed by atoms with van der Waals surface area (Å²) < 4.78 is 10.6. The summed E-state index contributed by atoms with van der Waals surface area (Å²) in [6, 6.07) is 14.3. The Kier molecular flexibility index (Phi) is 6.15. The summed E-state index contributed by atoms with van der Waals surface area (Å²) in [5, 5.41) is 5.17. The van der Waals surface area contributed by atoms with Gasteiger partial charge in [0, 0.05) is 23.1 Å². The first kappa shape index (κ1) is 21.2. The van der Waals surface area contributed by atoms with Crippen molar-refractivity contribution in [3.63, 3.8) is 0 Å². The fourth-order valence-corrected chi connectivity index (χ4v) is 4.79. The van der Waals surface area contributed by atoms with E-state index in [9.17, 15) is 9.59 Å². The van der Waals surface area contributed by atoms with Crippen molar-refractivity contribution < 1.29 is 19.1 Å². The van der Waals surface area contributed by atoms with Gasteiger partial charge in [-0.15, -0.1) is 11.3 Å². The van der Waals surface area contributed by atoms with Crippen LogP contribution in [0.3, 0.4) is 0 Å². The standard InChI is InChI=1S/C23H21ClN2O4S/c1-29-19-12-20(30-2)17(10-16(19)24)25-22(27)11-18(21-8-5-9-31-21)26-13-14-6-3-4-7-15(14)23(26)28/h3-10,12,18H,11,13H2,1-2H3,(H,25,27)/t18-/m0/s1. The number of anilines is 1. The van der Waals surface area contributed by atoms with Crippen LogP contribution in [0.5, 0.6) is 11.5 Å². The topological polar surface area (TPSA) is 67.9 Å². The predicted molar refractivity (Wildman–Crippen MR) is 121 cm³/mol. The molecule has 160 valence electrons. The molecule has 31 heavy (non-hydrogen) atoms. The van der Waals surface area contributed by atoms with Crippen molar-refractivity contribution in [1.82, 2.24) is 4.90 Å². The van der Waals surface area contributed by atoms with Crippen LogP contribution in [0.15, 0.2) is 53.9 Å². The Morgan fingerprint density at radius 1 is 1.16 bits per heavy atom. The van der Waals surface area contributed by atoms with Crippen LogP contribution < -0.4 is 14.8 Å². The maximum absolute atomic E-state index is 13.0. The first-order valence-corrected chi connectivity index (χ1v) is 10.9. The lowest BCUT2D eigenvalue weighted by Crippen LogP contribution is -2.31. The minimum absolute atomic E-state index is 0.0631. The van der Waals surface area contributed by atoms with E-state index in [4.69, 9.17) is 21.1 Å². The van der Waals surface area contributed by atoms with Crippen LogP contribution in [0.25, 0.3) is 0 Å². The average Bonchev–Trinajstić information content (AvgIpc) is 3.41. The Hall–Kier alpha value is -3.03. The van der Waals surface area contributed by atoms with Gasteiger partial charge in [0.1, 0.15) is 11.5 Å². The second-order valence-corrected chi connectivity index (χ2v) is 8.45. The van der Waals surface area contributed by atoms with Crippen LogP contribution in [-0.4, -0.2) is 30.9 Å². The van der Waals surface area contributed by atoms with Crippen LogP contribution in [0.4, 0.5) is 5.69 Å². The zero-order chi connectivity index (χ0) is 22.0. The van der Waals surface area contributed by atoms with Gasteiger partial charge in [0.15, 0.2) is 0 Å². The fourth-order valence-electron chi connectivity index (χ4n) is 3.71. The highest BCUT2D eigenvalue weighted by atomic mass is 35.5. The molecule has 0 saturated carbocycles. The van der Waals surface area contributed by atoms with Gasteiger partial charge < -0.3 is 19.7 Å². The first-order valence-electron chi connectivity index (χ1n) is 9.65. The van der Waals surface area contributed by atoms with Gasteiger partial charge in [-0.25, -0.2) is 0 Å². The van der Waals surface area contributed by atoms with Crippen LogP contribution in [0.2, 0.25) is 5.02 Å². The maximum atomic E-state index is 13.0. The highest BCUT2D eigenvalue weighted by Crippen LogP contribution is 2.38. The van der Waals surface area contributed by atoms with Crippen molar-refractivity contribution in [3.05, 3.63) is 74.9 Å². The number of thiophene rings is 1. The zero-order valence-corrected chi connectivity index (χ0v) is 18.6. The van der Waals surface area contributed by atoms with Crippen molar-refractivity contribution in [1.29, 1.82) is 0 Å². The van der Waals surface area contributed by atoms with Gasteiger partial charge in [-0.1, -0.05) is 35.9 Å². The zero-order valence-electron chi connectivity index (χ0n) is 17.1. The molecule has 0 spiro atoms. The summed E-state index contributed by atoms with van der Waals surface area (Å²) in [6.07, 6.45) is 0.104. The van der Waals surface area contributed by atoms with E-state index in [1.807, 2.05) is 41.8 Å². The normalized spacial score (nSPS) is 13.6. The highest BCUT2D eigenvalue weighted by molar-refractivity contribution is 7.10. The SMILES string of the molecule is COc1cc(OC)c(NC(=O)C[C@@H](c2cccs2)N2Cc3ccccc3C2=O)cc1Cl. The number of hydrogen-bond acceptors (Lipinski definition) is 5. The Bertz CT molecular complexity index is 1120. The van der Waals surface area contributed by atoms with Gasteiger partial charge in [0.25, 0.3) is 5.91 Å². The number of carbonyl (C=O) groups excluding carboxylic acids is 2. The monoisotopic (exact) mass is 456 g/mol. The molecule has 4 rings (SSSR count). The third-order valence-electron chi connectivity index (χ3n) is 5.22. The molecule has 0 saturated heterocycles. The molecule has 3 aromatic rings. The van der Waals surface area contributed by atoms with Crippen LogP contribution in [-0.2, 0) is 11.3 Å². The second kappa shape index (κ2) is 8.99. The number of ether oxygens (including phenoxy) is 2. The largest absolute Gasteiger partial charge is 0.495 e. The molecule has 0 unspecified atom stereocenters. The lowest BCUT2D eigenvalue weighted by molar-refractivity contribution is -0.117. The number of hydrogen-bond donors (Lipinski definition) is 1. The number of amides is 2. The number of rotatable bonds is 7. The molecule has 1 aliphatic heterocycles. The molecule has 2 amide bonds. The van der Waals surface area contributed by atoms with Gasteiger partial charge in [0.2, 0.25) is 5.91 Å². The summed E-state index contributed by atoms with van der Waals surface area (Å²) in [7, 11) is 3.02. The molecule has 1 atom stereocenters. The molecule has 6 nitrogen and oxygen atoms in total. The van der Waals surface area contributed by atoms with Crippen molar-refractivity contribution in [2.75, 3.05) is 19.5 Å². The second-order valence-electron chi connectivity index (χ2n) is 7.06. The number of benzene rings is 2. The average molecular weight is 457 g/mol. The minimum atomic E-state index is -0.375. The van der Waals surface area contributed by atoms with E-state index in [0.717, 1.165) is 10.4 Å². The Morgan fingerprint density at radius 3 is 2.61 bits per heavy atom. The summed E-state index contributed by atoms with van der Waals surface area (Å²) in [5.41, 5.74) is 2.10. The van der Waals surface area contributed by atoms with Crippen molar-refractivity contribution in [2.24, 2.45) is 0 Å². The van der Waals surface area contributed by atoms with Gasteiger partial charge in [-0.05, 0) is 29.1 Å². The van der Waals surface area contributed by atoms with E-state index in [-0.39, 0.29) is 24.3 Å². The number of carbonyl (C=O) groups is 2. The Balaban J connectivity index is 1.57. The molecular formula is C23H21ClN2O4S. The molecule has 2 aromatic carbocycles. The fraction of sp³-hybridized carbons (Fsp3) is 0.217.